The van der Waals surface area contributed by atoms with Gasteiger partial charge < -0.3 is 65.5 Å². The van der Waals surface area contributed by atoms with Crippen LogP contribution in [0.4, 0.5) is 99.8 Å². The molecule has 118 heavy (non-hydrogen) atoms. The van der Waals surface area contributed by atoms with Gasteiger partial charge in [-0.15, -0.1) is 0 Å². The van der Waals surface area contributed by atoms with Crippen LogP contribution in [0.2, 0.25) is 0 Å². The maximum atomic E-state index is 13.7. The highest BCUT2D eigenvalue weighted by atomic mass is 19.1. The molecule has 2 aliphatic heterocycles. The maximum Gasteiger partial charge on any atom is 0.253 e. The molecule has 24 nitrogen and oxygen atoms in total. The van der Waals surface area contributed by atoms with Gasteiger partial charge >= 0.3 is 0 Å². The first kappa shape index (κ1) is 89.2. The second-order valence-corrected chi connectivity index (χ2v) is 33.7. The number of benzene rings is 6. The van der Waals surface area contributed by atoms with Gasteiger partial charge in [-0.05, 0) is 179 Å². The lowest BCUT2D eigenvalue weighted by Gasteiger charge is -2.24. The summed E-state index contributed by atoms with van der Waals surface area (Å²) in [5.74, 6) is 2.46. The number of hydrogen-bond donors (Lipinski definition) is 10. The van der Waals surface area contributed by atoms with Gasteiger partial charge in [0.05, 0.1) is 0 Å². The van der Waals surface area contributed by atoms with Gasteiger partial charge in [-0.3, -0.25) is 57.5 Å². The Balaban J connectivity index is 0.000000162. The van der Waals surface area contributed by atoms with Gasteiger partial charge in [0.2, 0.25) is 0 Å². The molecule has 0 aliphatic carbocycles. The summed E-state index contributed by atoms with van der Waals surface area (Å²) in [5, 5.41) is 11.3. The van der Waals surface area contributed by atoms with Crippen molar-refractivity contribution in [2.45, 2.75) is 160 Å². The van der Waals surface area contributed by atoms with Crippen molar-refractivity contribution >= 4 is 91.0 Å². The normalized spacial score (nSPS) is 12.7. The minimum Gasteiger partial charge on any atom is -0.394 e. The summed E-state index contributed by atoms with van der Waals surface area (Å²) >= 11 is 0. The molecule has 16 N–H and O–H groups in total. The van der Waals surface area contributed by atoms with Gasteiger partial charge in [-0.2, -0.15) is 0 Å². The Bertz CT molecular complexity index is 6140. The van der Waals surface area contributed by atoms with E-state index in [1.807, 2.05) is 60.0 Å². The second-order valence-electron chi connectivity index (χ2n) is 33.7. The Morgan fingerprint density at radius 1 is 0.356 bits per heavy atom. The highest BCUT2D eigenvalue weighted by molar-refractivity contribution is 5.84. The number of nitrogens with zero attached hydrogens (tertiary/aromatic N) is 2. The van der Waals surface area contributed by atoms with Crippen molar-refractivity contribution in [3.8, 4) is 0 Å². The van der Waals surface area contributed by atoms with E-state index < -0.39 is 71.0 Å². The zero-order chi connectivity index (χ0) is 87.0. The van der Waals surface area contributed by atoms with Crippen LogP contribution in [0.15, 0.2) is 179 Å². The zero-order valence-corrected chi connectivity index (χ0v) is 69.3. The third-order valence-electron chi connectivity index (χ3n) is 20.2. The maximum absolute atomic E-state index is 13.7. The minimum absolute atomic E-state index is 0.0225. The lowest BCUT2D eigenvalue weighted by Crippen LogP contribution is -2.41. The largest absolute Gasteiger partial charge is 0.394 e. The van der Waals surface area contributed by atoms with Gasteiger partial charge in [0.15, 0.2) is 0 Å². The SMILES string of the molecule is CC(C)Cc1cc(F)cc(Nc2c(N)c(=O)c2=O)c1.CC(C)Cc1ccc(F)c(CNc2c(N)c(=O)c2=O)c1.CC(C)Cc1ccc2c(c1)N(c1c(N)c(=O)c1=O)CC2.CC(C)Cc1ccc2c(c1)N(c1c(N)c(=O)c1=O)CC2(C)C.CC(C)Cc1cccc(CNc2c(N)c(=O)c2=O)c1.CC(C)Cc1cccc(Nc2c(N)c(=O)c2=O)c1. The number of halogens is 2. The quantitative estimate of drug-likeness (QED) is 0.0251. The summed E-state index contributed by atoms with van der Waals surface area (Å²) in [5.41, 5.74) is 41.7. The number of nitrogen functional groups attached to an aromatic ring is 6. The summed E-state index contributed by atoms with van der Waals surface area (Å²) in [6.07, 6.45) is 6.46. The average Bonchev–Trinajstić information content (AvgIpc) is 1.58. The number of anilines is 16. The van der Waals surface area contributed by atoms with Crippen LogP contribution in [0.1, 0.15) is 153 Å². The third kappa shape index (κ3) is 20.7. The Hall–Kier alpha value is -12.7. The van der Waals surface area contributed by atoms with E-state index in [0.29, 0.717) is 71.2 Å². The van der Waals surface area contributed by atoms with Crippen LogP contribution in [0.3, 0.4) is 0 Å². The van der Waals surface area contributed by atoms with Crippen molar-refractivity contribution in [2.24, 2.45) is 35.5 Å². The van der Waals surface area contributed by atoms with Crippen molar-refractivity contribution in [3.05, 3.63) is 311 Å². The molecule has 2 aliphatic rings. The van der Waals surface area contributed by atoms with E-state index in [1.54, 1.807) is 18.2 Å². The molecule has 14 rings (SSSR count). The molecule has 0 unspecified atom stereocenters. The molecule has 0 atom stereocenters. The van der Waals surface area contributed by atoms with E-state index in [2.05, 4.69) is 153 Å². The smallest absolute Gasteiger partial charge is 0.253 e. The third-order valence-corrected chi connectivity index (χ3v) is 20.2. The number of rotatable bonds is 24. The van der Waals surface area contributed by atoms with Crippen molar-refractivity contribution < 1.29 is 8.78 Å². The van der Waals surface area contributed by atoms with E-state index in [9.17, 15) is 66.3 Å². The van der Waals surface area contributed by atoms with Crippen LogP contribution in [-0.4, -0.2) is 13.1 Å². The molecule has 12 aromatic rings. The molecule has 620 valence electrons. The molecule has 0 amide bonds. The molecule has 0 radical (unpaired) electrons. The topological polar surface area (TPSA) is 416 Å². The van der Waals surface area contributed by atoms with Crippen LogP contribution in [0, 0.1) is 47.1 Å². The first-order chi connectivity index (χ1) is 55.5. The molecule has 0 aromatic heterocycles. The first-order valence-corrected chi connectivity index (χ1v) is 39.5. The molecule has 0 spiro atoms. The molecule has 26 heteroatoms. The number of hydrogen-bond acceptors (Lipinski definition) is 24. The van der Waals surface area contributed by atoms with Gasteiger partial charge in [0, 0.05) is 59.9 Å². The predicted octanol–water partition coefficient (Wildman–Crippen LogP) is 11.5. The summed E-state index contributed by atoms with van der Waals surface area (Å²) in [6, 6.07) is 38.2. The van der Waals surface area contributed by atoms with Crippen LogP contribution < -0.4 is 131 Å². The fourth-order valence-corrected chi connectivity index (χ4v) is 14.5. The second kappa shape index (κ2) is 37.5. The zero-order valence-electron chi connectivity index (χ0n) is 69.3. The van der Waals surface area contributed by atoms with Gasteiger partial charge in [-0.1, -0.05) is 170 Å². The molecule has 12 aromatic carbocycles. The Morgan fingerprint density at radius 2 is 0.737 bits per heavy atom. The molecule has 2 heterocycles. The molecule has 0 saturated heterocycles. The summed E-state index contributed by atoms with van der Waals surface area (Å²) in [4.78, 5) is 139. The van der Waals surface area contributed by atoms with Crippen molar-refractivity contribution in [1.29, 1.82) is 0 Å². The Morgan fingerprint density at radius 3 is 1.22 bits per heavy atom. The van der Waals surface area contributed by atoms with Crippen LogP contribution in [-0.2, 0) is 63.5 Å². The summed E-state index contributed by atoms with van der Waals surface area (Å²) < 4.78 is 27.2. The number of fused-ring (bicyclic) bond motifs is 2. The van der Waals surface area contributed by atoms with Gasteiger partial charge in [0.25, 0.3) is 65.1 Å². The minimum atomic E-state index is -0.693. The highest BCUT2D eigenvalue weighted by Gasteiger charge is 2.40. The van der Waals surface area contributed by atoms with Gasteiger partial charge in [-0.25, -0.2) is 8.78 Å². The summed E-state index contributed by atoms with van der Waals surface area (Å²) in [7, 11) is 0. The molecular weight excluding hydrogens is 1500 g/mol. The van der Waals surface area contributed by atoms with Gasteiger partial charge in [0.1, 0.15) is 79.9 Å². The molecular formula is C92H106F2N12O12. The first-order valence-electron chi connectivity index (χ1n) is 39.5. The average molecular weight is 1610 g/mol. The standard InChI is InChI=1S/C18H22N2O2.C16H18N2O2.C15H17FN2O2.C15H18N2O2.C14H15FN2O2.C14H16N2O2/c1-10(2)7-11-5-6-12-13(8-11)20(9-18(12,3)4)15-14(19)16(21)17(15)22;1-9(2)7-10-3-4-11-5-6-18(12(11)8-10)14-13(17)15(19)16(14)20;1-8(2)5-9-3-4-11(16)10(6-9)7-18-13-12(17)14(19)15(13)20;1-9(2)6-10-4-3-5-11(7-10)8-17-13-12(16)14(18)15(13)19;1-7(2)3-8-4-9(15)6-10(5-8)17-12-11(16)13(18)14(12)19;1-8(2)6-9-4-3-5-10(7-9)16-12-11(15)13(17)14(12)18/h5-6,8,10H,7,9,19H2,1-4H3;3-4,8-9H,5-7,17H2,1-2H3;3-4,6,8,18H,5,7,17H2,1-2H3;3-5,7,9,17H,6,8,16H2,1-2H3;4-7,17H,3,16H2,1-2H3;3-5,7-8,16H,6,15H2,1-2H3. The Kier molecular flexibility index (Phi) is 28.3. The molecule has 0 saturated carbocycles. The van der Waals surface area contributed by atoms with Crippen LogP contribution in [0.5, 0.6) is 0 Å². The van der Waals surface area contributed by atoms with Crippen LogP contribution >= 0.6 is 0 Å². The van der Waals surface area contributed by atoms with E-state index >= 15 is 0 Å². The lowest BCUT2D eigenvalue weighted by atomic mass is 9.86. The number of nitrogens with two attached hydrogens (primary N) is 6. The van der Waals surface area contributed by atoms with E-state index in [-0.39, 0.29) is 74.7 Å². The molecule has 0 bridgehead atoms. The van der Waals surface area contributed by atoms with Crippen molar-refractivity contribution in [3.63, 3.8) is 0 Å². The van der Waals surface area contributed by atoms with E-state index in [0.717, 1.165) is 85.2 Å². The van der Waals surface area contributed by atoms with Crippen molar-refractivity contribution in [2.75, 3.05) is 78.6 Å². The predicted molar refractivity (Wildman–Crippen MR) is 476 cm³/mol. The number of nitrogens with one attached hydrogen (secondary N) is 4. The molecule has 0 fully saturated rings. The monoisotopic (exact) mass is 1610 g/mol. The van der Waals surface area contributed by atoms with Crippen molar-refractivity contribution in [1.82, 2.24) is 0 Å². The fraction of sp³-hybridized carbons (Fsp3) is 0.348. The van der Waals surface area contributed by atoms with Crippen LogP contribution in [0.25, 0.3) is 0 Å². The summed E-state index contributed by atoms with van der Waals surface area (Å²) in [6.45, 7) is 31.9. The van der Waals surface area contributed by atoms with E-state index in [4.69, 9.17) is 34.4 Å². The highest BCUT2D eigenvalue weighted by Crippen LogP contribution is 2.45. The fourth-order valence-electron chi connectivity index (χ4n) is 14.5. The Labute approximate surface area is 682 Å². The van der Waals surface area contributed by atoms with E-state index in [1.165, 1.54) is 51.6 Å². The lowest BCUT2D eigenvalue weighted by molar-refractivity contribution is 0.568.